The third-order valence-corrected chi connectivity index (χ3v) is 3.94. The lowest BCUT2D eigenvalue weighted by molar-refractivity contribution is 0.271. The van der Waals surface area contributed by atoms with Crippen molar-refractivity contribution < 1.29 is 9.47 Å². The molecular formula is C16H22N2O2S. The number of nitrogens with two attached hydrogens (primary N) is 1. The molecule has 0 radical (unpaired) electrons. The van der Waals surface area contributed by atoms with Crippen molar-refractivity contribution in [2.24, 2.45) is 5.73 Å². The minimum Gasteiger partial charge on any atom is -0.490 e. The molecule has 0 saturated heterocycles. The molecule has 0 spiro atoms. The van der Waals surface area contributed by atoms with Crippen LogP contribution in [0.15, 0.2) is 29.9 Å². The molecule has 1 heterocycles. The van der Waals surface area contributed by atoms with Crippen LogP contribution in [0.2, 0.25) is 0 Å². The molecule has 1 atom stereocenters. The Balaban J connectivity index is 2.08. The normalized spacial score (nSPS) is 12.1. The number of thiazole rings is 1. The summed E-state index contributed by atoms with van der Waals surface area (Å²) in [6.45, 7) is 5.19. The largest absolute Gasteiger partial charge is 0.490 e. The van der Waals surface area contributed by atoms with Crippen molar-refractivity contribution in [2.75, 3.05) is 6.61 Å². The fourth-order valence-electron chi connectivity index (χ4n) is 1.98. The highest BCUT2D eigenvalue weighted by atomic mass is 32.1. The van der Waals surface area contributed by atoms with E-state index in [1.807, 2.05) is 25.3 Å². The second-order valence-electron chi connectivity index (χ2n) is 4.84. The Hall–Kier alpha value is -1.59. The van der Waals surface area contributed by atoms with Gasteiger partial charge in [-0.05, 0) is 37.5 Å². The SMILES string of the molecule is CCOc1cc(CC(N)CC)ccc1OCc1cncs1. The molecule has 2 N–H and O–H groups in total. The van der Waals surface area contributed by atoms with Crippen LogP contribution >= 0.6 is 11.3 Å². The molecule has 2 rings (SSSR count). The van der Waals surface area contributed by atoms with Crippen molar-refractivity contribution >= 4 is 11.3 Å². The first-order valence-electron chi connectivity index (χ1n) is 7.24. The Morgan fingerprint density at radius 2 is 2.10 bits per heavy atom. The molecule has 0 saturated carbocycles. The molecule has 0 aliphatic heterocycles. The molecule has 0 aliphatic rings. The third-order valence-electron chi connectivity index (χ3n) is 3.18. The van der Waals surface area contributed by atoms with Gasteiger partial charge in [-0.15, -0.1) is 11.3 Å². The lowest BCUT2D eigenvalue weighted by Gasteiger charge is -2.14. The van der Waals surface area contributed by atoms with Crippen molar-refractivity contribution in [1.82, 2.24) is 4.98 Å². The molecule has 1 aromatic carbocycles. The van der Waals surface area contributed by atoms with Crippen LogP contribution in [0.4, 0.5) is 0 Å². The monoisotopic (exact) mass is 306 g/mol. The molecule has 1 unspecified atom stereocenters. The molecular weight excluding hydrogens is 284 g/mol. The second-order valence-corrected chi connectivity index (χ2v) is 5.81. The molecule has 5 heteroatoms. The highest BCUT2D eigenvalue weighted by Crippen LogP contribution is 2.30. The number of benzene rings is 1. The van der Waals surface area contributed by atoms with Crippen LogP contribution in [0.3, 0.4) is 0 Å². The molecule has 114 valence electrons. The van der Waals surface area contributed by atoms with Crippen molar-refractivity contribution in [3.8, 4) is 11.5 Å². The Labute approximate surface area is 129 Å². The molecule has 0 bridgehead atoms. The maximum atomic E-state index is 6.01. The first-order chi connectivity index (χ1) is 10.2. The highest BCUT2D eigenvalue weighted by molar-refractivity contribution is 7.09. The van der Waals surface area contributed by atoms with Gasteiger partial charge in [-0.2, -0.15) is 0 Å². The minimum atomic E-state index is 0.184. The van der Waals surface area contributed by atoms with Gasteiger partial charge in [0.15, 0.2) is 11.5 Å². The zero-order valence-corrected chi connectivity index (χ0v) is 13.4. The lowest BCUT2D eigenvalue weighted by atomic mass is 10.0. The van der Waals surface area contributed by atoms with E-state index in [-0.39, 0.29) is 6.04 Å². The maximum Gasteiger partial charge on any atom is 0.161 e. The Morgan fingerprint density at radius 1 is 1.24 bits per heavy atom. The predicted molar refractivity (Wildman–Crippen MR) is 86.0 cm³/mol. The van der Waals surface area contributed by atoms with Gasteiger partial charge in [-0.25, -0.2) is 0 Å². The summed E-state index contributed by atoms with van der Waals surface area (Å²) in [6.07, 6.45) is 3.64. The maximum absolute atomic E-state index is 6.01. The van der Waals surface area contributed by atoms with Gasteiger partial charge >= 0.3 is 0 Å². The van der Waals surface area contributed by atoms with Crippen LogP contribution in [0.1, 0.15) is 30.7 Å². The number of ether oxygens (including phenoxy) is 2. The fraction of sp³-hybridized carbons (Fsp3) is 0.438. The highest BCUT2D eigenvalue weighted by Gasteiger charge is 2.09. The van der Waals surface area contributed by atoms with Gasteiger partial charge in [0.25, 0.3) is 0 Å². The number of rotatable bonds is 8. The van der Waals surface area contributed by atoms with E-state index in [1.165, 1.54) is 5.56 Å². The second kappa shape index (κ2) is 8.00. The minimum absolute atomic E-state index is 0.184. The van der Waals surface area contributed by atoms with Crippen molar-refractivity contribution in [3.63, 3.8) is 0 Å². The van der Waals surface area contributed by atoms with Gasteiger partial charge < -0.3 is 15.2 Å². The summed E-state index contributed by atoms with van der Waals surface area (Å²) < 4.78 is 11.5. The summed E-state index contributed by atoms with van der Waals surface area (Å²) in [5.41, 5.74) is 8.99. The zero-order valence-electron chi connectivity index (χ0n) is 12.5. The van der Waals surface area contributed by atoms with E-state index >= 15 is 0 Å². The van der Waals surface area contributed by atoms with E-state index in [9.17, 15) is 0 Å². The van der Waals surface area contributed by atoms with Gasteiger partial charge in [-0.1, -0.05) is 13.0 Å². The average molecular weight is 306 g/mol. The van der Waals surface area contributed by atoms with E-state index in [1.54, 1.807) is 16.8 Å². The van der Waals surface area contributed by atoms with Crippen LogP contribution in [-0.2, 0) is 13.0 Å². The van der Waals surface area contributed by atoms with Gasteiger partial charge in [0.2, 0.25) is 0 Å². The van der Waals surface area contributed by atoms with E-state index in [2.05, 4.69) is 18.0 Å². The summed E-state index contributed by atoms with van der Waals surface area (Å²) >= 11 is 1.58. The van der Waals surface area contributed by atoms with Crippen molar-refractivity contribution in [1.29, 1.82) is 0 Å². The Morgan fingerprint density at radius 3 is 2.76 bits per heavy atom. The van der Waals surface area contributed by atoms with Crippen molar-refractivity contribution in [2.45, 2.75) is 39.3 Å². The Kier molecular flexibility index (Phi) is 6.02. The number of hydrogen-bond donors (Lipinski definition) is 1. The van der Waals surface area contributed by atoms with Crippen LogP contribution in [-0.4, -0.2) is 17.6 Å². The molecule has 2 aromatic rings. The fourth-order valence-corrected chi connectivity index (χ4v) is 2.48. The van der Waals surface area contributed by atoms with Gasteiger partial charge in [0.1, 0.15) is 6.61 Å². The smallest absolute Gasteiger partial charge is 0.161 e. The van der Waals surface area contributed by atoms with E-state index in [0.29, 0.717) is 13.2 Å². The van der Waals surface area contributed by atoms with E-state index in [0.717, 1.165) is 29.2 Å². The van der Waals surface area contributed by atoms with Crippen LogP contribution < -0.4 is 15.2 Å². The van der Waals surface area contributed by atoms with E-state index < -0.39 is 0 Å². The Bertz CT molecular complexity index is 543. The first-order valence-corrected chi connectivity index (χ1v) is 8.12. The summed E-state index contributed by atoms with van der Waals surface area (Å²) in [6, 6.07) is 6.23. The summed E-state index contributed by atoms with van der Waals surface area (Å²) in [5.74, 6) is 1.54. The summed E-state index contributed by atoms with van der Waals surface area (Å²) in [5, 5.41) is 0. The molecule has 21 heavy (non-hydrogen) atoms. The van der Waals surface area contributed by atoms with Gasteiger partial charge in [0, 0.05) is 12.2 Å². The third kappa shape index (κ3) is 4.72. The standard InChI is InChI=1S/C16H22N2O2S/c1-3-13(17)7-12-5-6-15(16(8-12)19-4-2)20-10-14-9-18-11-21-14/h5-6,8-9,11,13H,3-4,7,10,17H2,1-2H3. The molecule has 4 nitrogen and oxygen atoms in total. The topological polar surface area (TPSA) is 57.4 Å². The number of nitrogens with zero attached hydrogens (tertiary/aromatic N) is 1. The quantitative estimate of drug-likeness (QED) is 0.812. The van der Waals surface area contributed by atoms with Gasteiger partial charge in [0.05, 0.1) is 17.0 Å². The number of aromatic nitrogens is 1. The van der Waals surface area contributed by atoms with Crippen LogP contribution in [0.25, 0.3) is 0 Å². The van der Waals surface area contributed by atoms with Crippen molar-refractivity contribution in [3.05, 3.63) is 40.3 Å². The molecule has 1 aromatic heterocycles. The first kappa shape index (κ1) is 15.8. The summed E-state index contributed by atoms with van der Waals surface area (Å²) in [7, 11) is 0. The van der Waals surface area contributed by atoms with Crippen LogP contribution in [0, 0.1) is 0 Å². The zero-order chi connectivity index (χ0) is 15.1. The molecule has 0 amide bonds. The predicted octanol–water partition coefficient (Wildman–Crippen LogP) is 3.40. The van der Waals surface area contributed by atoms with E-state index in [4.69, 9.17) is 15.2 Å². The average Bonchev–Trinajstić information content (AvgIpc) is 3.00. The van der Waals surface area contributed by atoms with Crippen LogP contribution in [0.5, 0.6) is 11.5 Å². The lowest BCUT2D eigenvalue weighted by Crippen LogP contribution is -2.21. The summed E-state index contributed by atoms with van der Waals surface area (Å²) in [4.78, 5) is 5.13. The number of hydrogen-bond acceptors (Lipinski definition) is 5. The molecule has 0 fully saturated rings. The molecule has 0 aliphatic carbocycles. The van der Waals surface area contributed by atoms with Gasteiger partial charge in [-0.3, -0.25) is 4.98 Å².